The lowest BCUT2D eigenvalue weighted by Gasteiger charge is -2.33. The summed E-state index contributed by atoms with van der Waals surface area (Å²) in [5.74, 6) is -0.820. The van der Waals surface area contributed by atoms with Crippen molar-refractivity contribution in [2.75, 3.05) is 13.1 Å². The molecule has 0 aromatic heterocycles. The highest BCUT2D eigenvalue weighted by atomic mass is 79.9. The van der Waals surface area contributed by atoms with Crippen LogP contribution >= 0.6 is 15.9 Å². The average molecular weight is 343 g/mol. The monoisotopic (exact) mass is 342 g/mol. The van der Waals surface area contributed by atoms with E-state index in [1.807, 2.05) is 6.92 Å². The van der Waals surface area contributed by atoms with Crippen molar-refractivity contribution in [1.82, 2.24) is 4.90 Å². The molecule has 0 radical (unpaired) electrons. The molecule has 6 heteroatoms. The van der Waals surface area contributed by atoms with Crippen molar-refractivity contribution in [3.63, 3.8) is 0 Å². The Morgan fingerprint density at radius 3 is 3.00 bits per heavy atom. The van der Waals surface area contributed by atoms with Crippen molar-refractivity contribution < 1.29 is 14.4 Å². The molecule has 1 atom stereocenters. The first-order chi connectivity index (χ1) is 9.58. The van der Waals surface area contributed by atoms with Crippen LogP contribution in [0.5, 0.6) is 0 Å². The van der Waals surface area contributed by atoms with Gasteiger partial charge in [0.05, 0.1) is 15.7 Å². The van der Waals surface area contributed by atoms with E-state index >= 15 is 0 Å². The van der Waals surface area contributed by atoms with Crippen LogP contribution in [0.3, 0.4) is 0 Å². The van der Waals surface area contributed by atoms with Crippen LogP contribution in [0.15, 0.2) is 27.8 Å². The number of piperidine rings is 1. The van der Waals surface area contributed by atoms with Crippen molar-refractivity contribution in [1.29, 1.82) is 0 Å². The quantitative estimate of drug-likeness (QED) is 0.662. The Balaban J connectivity index is 2.20. The van der Waals surface area contributed by atoms with E-state index in [0.717, 1.165) is 6.42 Å². The van der Waals surface area contributed by atoms with Gasteiger partial charge in [0.1, 0.15) is 5.82 Å². The van der Waals surface area contributed by atoms with Gasteiger partial charge in [0, 0.05) is 25.4 Å². The van der Waals surface area contributed by atoms with Gasteiger partial charge in [-0.15, -0.1) is 0 Å². The number of nitrogens with zero attached hydrogens (tertiary/aromatic N) is 2. The van der Waals surface area contributed by atoms with E-state index in [-0.39, 0.29) is 21.9 Å². The highest BCUT2D eigenvalue weighted by Crippen LogP contribution is 2.23. The molecular weight excluding hydrogens is 327 g/mol. The maximum absolute atomic E-state index is 14.0. The fourth-order valence-electron chi connectivity index (χ4n) is 2.44. The van der Waals surface area contributed by atoms with Crippen LogP contribution in [0.2, 0.25) is 0 Å². The summed E-state index contributed by atoms with van der Waals surface area (Å²) in [5.41, 5.74) is 0.782. The van der Waals surface area contributed by atoms with Gasteiger partial charge in [0.25, 0.3) is 5.91 Å². The first-order valence-electron chi connectivity index (χ1n) is 6.52. The third kappa shape index (κ3) is 2.85. The van der Waals surface area contributed by atoms with Crippen molar-refractivity contribution in [2.24, 2.45) is 11.1 Å². The van der Waals surface area contributed by atoms with Crippen LogP contribution in [-0.2, 0) is 0 Å². The van der Waals surface area contributed by atoms with E-state index in [2.05, 4.69) is 21.1 Å². The molecule has 0 spiro atoms. The summed E-state index contributed by atoms with van der Waals surface area (Å²) in [6.45, 7) is 2.88. The number of hydrogen-bond acceptors (Lipinski definition) is 3. The van der Waals surface area contributed by atoms with Crippen LogP contribution in [0.4, 0.5) is 4.39 Å². The molecule has 1 heterocycles. The maximum atomic E-state index is 14.0. The second-order valence-electron chi connectivity index (χ2n) is 4.80. The molecule has 1 amide bonds. The fraction of sp³-hybridized carbons (Fsp3) is 0.429. The zero-order chi connectivity index (χ0) is 14.7. The molecule has 1 aromatic carbocycles. The predicted molar refractivity (Wildman–Crippen MR) is 77.6 cm³/mol. The first-order valence-corrected chi connectivity index (χ1v) is 7.31. The van der Waals surface area contributed by atoms with Gasteiger partial charge in [-0.3, -0.25) is 4.79 Å². The average Bonchev–Trinajstić information content (AvgIpc) is 2.48. The molecule has 4 nitrogen and oxygen atoms in total. The summed E-state index contributed by atoms with van der Waals surface area (Å²) >= 11 is 3.09. The molecule has 0 saturated carbocycles. The molecule has 0 aliphatic carbocycles. The molecule has 1 aliphatic rings. The highest BCUT2D eigenvalue weighted by Gasteiger charge is 2.29. The fourth-order valence-corrected chi connectivity index (χ4v) is 2.80. The largest absolute Gasteiger partial charge is 0.411 e. The second-order valence-corrected chi connectivity index (χ2v) is 5.65. The minimum atomic E-state index is -0.535. The lowest BCUT2D eigenvalue weighted by molar-refractivity contribution is 0.0724. The molecule has 108 valence electrons. The van der Waals surface area contributed by atoms with E-state index in [0.29, 0.717) is 25.2 Å². The molecule has 1 aliphatic heterocycles. The Hall–Kier alpha value is -1.43. The summed E-state index contributed by atoms with van der Waals surface area (Å²) in [7, 11) is 0. The second kappa shape index (κ2) is 6.35. The van der Waals surface area contributed by atoms with Crippen molar-refractivity contribution in [2.45, 2.75) is 19.8 Å². The lowest BCUT2D eigenvalue weighted by atomic mass is 9.93. The number of oxime groups is 1. The van der Waals surface area contributed by atoms with Gasteiger partial charge >= 0.3 is 0 Å². The van der Waals surface area contributed by atoms with Crippen LogP contribution < -0.4 is 0 Å². The highest BCUT2D eigenvalue weighted by molar-refractivity contribution is 9.10. The summed E-state index contributed by atoms with van der Waals surface area (Å²) in [6.07, 6.45) is 1.31. The number of benzene rings is 1. The molecule has 2 rings (SSSR count). The number of hydrogen-bond donors (Lipinski definition) is 1. The molecular formula is C14H16BrFN2O2. The lowest BCUT2D eigenvalue weighted by Crippen LogP contribution is -2.44. The SMILES string of the molecule is CCC1CN(C(=O)c2cccc(Br)c2F)CC/C1=N\O. The van der Waals surface area contributed by atoms with E-state index < -0.39 is 5.82 Å². The van der Waals surface area contributed by atoms with Crippen LogP contribution in [-0.4, -0.2) is 34.8 Å². The minimum absolute atomic E-state index is 0.0351. The van der Waals surface area contributed by atoms with E-state index in [1.165, 1.54) is 6.07 Å². The number of carbonyl (C=O) groups excluding carboxylic acids is 1. The van der Waals surface area contributed by atoms with E-state index in [1.54, 1.807) is 17.0 Å². The van der Waals surface area contributed by atoms with Gasteiger partial charge in [0.15, 0.2) is 0 Å². The minimum Gasteiger partial charge on any atom is -0.411 e. The standard InChI is InChI=1S/C14H16BrFN2O2/c1-2-9-8-18(7-6-12(9)17-20)14(19)10-4-3-5-11(15)13(10)16/h3-5,9,20H,2,6-8H2,1H3/b17-12+. The zero-order valence-electron chi connectivity index (χ0n) is 11.1. The van der Waals surface area contributed by atoms with Gasteiger partial charge in [-0.2, -0.15) is 0 Å². The Morgan fingerprint density at radius 2 is 2.35 bits per heavy atom. The van der Waals surface area contributed by atoms with Crippen LogP contribution in [0, 0.1) is 11.7 Å². The van der Waals surface area contributed by atoms with Crippen molar-refractivity contribution in [3.8, 4) is 0 Å². The number of likely N-dealkylation sites (tertiary alicyclic amines) is 1. The third-order valence-electron chi connectivity index (χ3n) is 3.64. The maximum Gasteiger partial charge on any atom is 0.256 e. The normalized spacial score (nSPS) is 21.2. The van der Waals surface area contributed by atoms with Gasteiger partial charge in [-0.05, 0) is 34.5 Å². The Kier molecular flexibility index (Phi) is 4.75. The number of carbonyl (C=O) groups is 1. The molecule has 1 unspecified atom stereocenters. The van der Waals surface area contributed by atoms with E-state index in [4.69, 9.17) is 5.21 Å². The topological polar surface area (TPSA) is 52.9 Å². The van der Waals surface area contributed by atoms with Crippen LogP contribution in [0.25, 0.3) is 0 Å². The Labute approximate surface area is 125 Å². The van der Waals surface area contributed by atoms with Gasteiger partial charge in [-0.1, -0.05) is 18.1 Å². The third-order valence-corrected chi connectivity index (χ3v) is 4.25. The van der Waals surface area contributed by atoms with Gasteiger partial charge < -0.3 is 10.1 Å². The number of rotatable bonds is 2. The van der Waals surface area contributed by atoms with Gasteiger partial charge in [-0.25, -0.2) is 4.39 Å². The smallest absolute Gasteiger partial charge is 0.256 e. The first kappa shape index (κ1) is 15.0. The summed E-state index contributed by atoms with van der Waals surface area (Å²) in [4.78, 5) is 14.0. The summed E-state index contributed by atoms with van der Waals surface area (Å²) in [6, 6.07) is 4.69. The number of halogens is 2. The Morgan fingerprint density at radius 1 is 1.60 bits per heavy atom. The predicted octanol–water partition coefficient (Wildman–Crippen LogP) is 3.29. The molecule has 1 N–H and O–H groups in total. The number of amides is 1. The molecule has 1 saturated heterocycles. The molecule has 1 aromatic rings. The molecule has 1 fully saturated rings. The molecule has 0 bridgehead atoms. The van der Waals surface area contributed by atoms with E-state index in [9.17, 15) is 9.18 Å². The Bertz CT molecular complexity index is 548. The summed E-state index contributed by atoms with van der Waals surface area (Å²) in [5, 5.41) is 12.2. The van der Waals surface area contributed by atoms with Crippen molar-refractivity contribution >= 4 is 27.5 Å². The zero-order valence-corrected chi connectivity index (χ0v) is 12.7. The van der Waals surface area contributed by atoms with Crippen molar-refractivity contribution in [3.05, 3.63) is 34.1 Å². The molecule has 20 heavy (non-hydrogen) atoms. The van der Waals surface area contributed by atoms with Gasteiger partial charge in [0.2, 0.25) is 0 Å². The summed E-state index contributed by atoms with van der Waals surface area (Å²) < 4.78 is 14.3. The van der Waals surface area contributed by atoms with Crippen LogP contribution in [0.1, 0.15) is 30.1 Å².